The second-order valence-electron chi connectivity index (χ2n) is 4.03. The normalized spacial score (nSPS) is 13.7. The number of anilines is 1. The molecule has 0 fully saturated rings. The molecule has 0 aliphatic heterocycles. The Morgan fingerprint density at radius 3 is 3.12 bits per heavy atom. The van der Waals surface area contributed by atoms with Crippen molar-refractivity contribution in [2.45, 2.75) is 26.2 Å². The summed E-state index contributed by atoms with van der Waals surface area (Å²) < 4.78 is 4.89. The minimum absolute atomic E-state index is 0.220. The second-order valence-corrected chi connectivity index (χ2v) is 5.11. The maximum Gasteiger partial charge on any atom is 0.296 e. The van der Waals surface area contributed by atoms with E-state index in [0.29, 0.717) is 10.8 Å². The van der Waals surface area contributed by atoms with Crippen LogP contribution in [0.4, 0.5) is 5.13 Å². The molecular weight excluding hydrogens is 238 g/mol. The predicted molar refractivity (Wildman–Crippen MR) is 63.3 cm³/mol. The number of aryl methyl sites for hydroxylation is 3. The molecule has 0 saturated carbocycles. The van der Waals surface area contributed by atoms with Crippen molar-refractivity contribution < 1.29 is 9.32 Å². The van der Waals surface area contributed by atoms with Crippen LogP contribution in [0.25, 0.3) is 0 Å². The molecule has 0 saturated heterocycles. The van der Waals surface area contributed by atoms with Crippen LogP contribution in [-0.2, 0) is 12.8 Å². The third kappa shape index (κ3) is 1.95. The van der Waals surface area contributed by atoms with Gasteiger partial charge in [-0.05, 0) is 26.2 Å². The first-order chi connectivity index (χ1) is 8.22. The van der Waals surface area contributed by atoms with Gasteiger partial charge in [0.15, 0.2) is 5.13 Å². The molecule has 0 atom stereocenters. The lowest BCUT2D eigenvalue weighted by Gasteiger charge is -1.96. The number of hydrogen-bond acceptors (Lipinski definition) is 5. The van der Waals surface area contributed by atoms with E-state index in [-0.39, 0.29) is 11.7 Å². The number of nitrogens with one attached hydrogen (secondary N) is 1. The Hall–Kier alpha value is -1.69. The van der Waals surface area contributed by atoms with Crippen LogP contribution in [-0.4, -0.2) is 16.0 Å². The molecule has 0 radical (unpaired) electrons. The maximum absolute atomic E-state index is 11.8. The number of carbonyl (C=O) groups is 1. The van der Waals surface area contributed by atoms with E-state index in [4.69, 9.17) is 4.52 Å². The van der Waals surface area contributed by atoms with Crippen molar-refractivity contribution in [1.29, 1.82) is 0 Å². The summed E-state index contributed by atoms with van der Waals surface area (Å²) >= 11 is 1.55. The minimum Gasteiger partial charge on any atom is -0.351 e. The molecule has 0 unspecified atom stereocenters. The van der Waals surface area contributed by atoms with Gasteiger partial charge in [0.1, 0.15) is 0 Å². The molecule has 0 spiro atoms. The molecule has 6 heteroatoms. The Balaban J connectivity index is 1.76. The van der Waals surface area contributed by atoms with Gasteiger partial charge in [-0.3, -0.25) is 10.1 Å². The van der Waals surface area contributed by atoms with Crippen molar-refractivity contribution in [3.05, 3.63) is 28.1 Å². The molecule has 3 rings (SSSR count). The smallest absolute Gasteiger partial charge is 0.296 e. The number of fused-ring (bicyclic) bond motifs is 1. The zero-order valence-corrected chi connectivity index (χ0v) is 10.1. The van der Waals surface area contributed by atoms with Crippen LogP contribution in [0.2, 0.25) is 0 Å². The largest absolute Gasteiger partial charge is 0.351 e. The number of aromatic nitrogens is 2. The van der Waals surface area contributed by atoms with Gasteiger partial charge < -0.3 is 4.52 Å². The molecule has 1 N–H and O–H groups in total. The molecule has 17 heavy (non-hydrogen) atoms. The molecule has 0 aromatic carbocycles. The van der Waals surface area contributed by atoms with E-state index in [0.717, 1.165) is 18.5 Å². The summed E-state index contributed by atoms with van der Waals surface area (Å²) in [4.78, 5) is 17.4. The Morgan fingerprint density at radius 1 is 1.53 bits per heavy atom. The van der Waals surface area contributed by atoms with E-state index in [9.17, 15) is 4.79 Å². The van der Waals surface area contributed by atoms with Crippen LogP contribution in [0, 0.1) is 6.92 Å². The third-order valence-electron chi connectivity index (χ3n) is 2.67. The van der Waals surface area contributed by atoms with Crippen molar-refractivity contribution in [3.8, 4) is 0 Å². The van der Waals surface area contributed by atoms with Crippen molar-refractivity contribution in [3.63, 3.8) is 0 Å². The van der Waals surface area contributed by atoms with Crippen LogP contribution in [0.5, 0.6) is 0 Å². The fourth-order valence-electron chi connectivity index (χ4n) is 1.87. The number of nitrogens with zero attached hydrogens (tertiary/aromatic N) is 2. The summed E-state index contributed by atoms with van der Waals surface area (Å²) in [7, 11) is 0. The lowest BCUT2D eigenvalue weighted by molar-refractivity contribution is 0.0988. The molecule has 2 aromatic rings. The monoisotopic (exact) mass is 249 g/mol. The molecular formula is C11H11N3O2S. The summed E-state index contributed by atoms with van der Waals surface area (Å²) in [5.74, 6) is -0.0733. The van der Waals surface area contributed by atoms with E-state index in [1.54, 1.807) is 24.3 Å². The summed E-state index contributed by atoms with van der Waals surface area (Å²) in [6.07, 6.45) is 3.26. The van der Waals surface area contributed by atoms with E-state index >= 15 is 0 Å². The quantitative estimate of drug-likeness (QED) is 0.885. The molecule has 1 amide bonds. The lowest BCUT2D eigenvalue weighted by Crippen LogP contribution is -2.10. The highest BCUT2D eigenvalue weighted by molar-refractivity contribution is 7.15. The SMILES string of the molecule is Cc1cc(C(=O)Nc2nc3c(s2)CCC3)on1. The van der Waals surface area contributed by atoms with E-state index in [2.05, 4.69) is 15.5 Å². The van der Waals surface area contributed by atoms with Crippen molar-refractivity contribution in [2.24, 2.45) is 0 Å². The average Bonchev–Trinajstić information content (AvgIpc) is 2.92. The zero-order chi connectivity index (χ0) is 11.8. The number of hydrogen-bond donors (Lipinski definition) is 1. The highest BCUT2D eigenvalue weighted by Gasteiger charge is 2.19. The van der Waals surface area contributed by atoms with Gasteiger partial charge in [-0.15, -0.1) is 11.3 Å². The van der Waals surface area contributed by atoms with Gasteiger partial charge in [-0.2, -0.15) is 0 Å². The first-order valence-corrected chi connectivity index (χ1v) is 6.27. The number of carbonyl (C=O) groups excluding carboxylic acids is 1. The van der Waals surface area contributed by atoms with Crippen molar-refractivity contribution in [2.75, 3.05) is 5.32 Å². The van der Waals surface area contributed by atoms with Gasteiger partial charge in [0.2, 0.25) is 5.76 Å². The Kier molecular flexibility index (Phi) is 2.44. The molecule has 88 valence electrons. The first-order valence-electron chi connectivity index (χ1n) is 5.45. The summed E-state index contributed by atoms with van der Waals surface area (Å²) in [6.45, 7) is 1.78. The fraction of sp³-hybridized carbons (Fsp3) is 0.364. The van der Waals surface area contributed by atoms with Crippen molar-refractivity contribution in [1.82, 2.24) is 10.1 Å². The fourth-order valence-corrected chi connectivity index (χ4v) is 2.92. The van der Waals surface area contributed by atoms with E-state index in [1.807, 2.05) is 0 Å². The summed E-state index contributed by atoms with van der Waals surface area (Å²) in [5.41, 5.74) is 1.82. The van der Waals surface area contributed by atoms with E-state index < -0.39 is 0 Å². The highest BCUT2D eigenvalue weighted by atomic mass is 32.1. The first kappa shape index (κ1) is 10.5. The van der Waals surface area contributed by atoms with Crippen LogP contribution in [0.15, 0.2) is 10.6 Å². The maximum atomic E-state index is 11.8. The van der Waals surface area contributed by atoms with Gasteiger partial charge in [0, 0.05) is 10.9 Å². The molecule has 1 aliphatic carbocycles. The van der Waals surface area contributed by atoms with Gasteiger partial charge in [-0.1, -0.05) is 5.16 Å². The number of rotatable bonds is 2. The molecule has 5 nitrogen and oxygen atoms in total. The van der Waals surface area contributed by atoms with Gasteiger partial charge in [-0.25, -0.2) is 4.98 Å². The Bertz CT molecular complexity index is 552. The highest BCUT2D eigenvalue weighted by Crippen LogP contribution is 2.30. The average molecular weight is 249 g/mol. The van der Waals surface area contributed by atoms with Crippen LogP contribution in [0.3, 0.4) is 0 Å². The topological polar surface area (TPSA) is 68.0 Å². The third-order valence-corrected chi connectivity index (χ3v) is 3.74. The standard InChI is InChI=1S/C11H11N3O2S/c1-6-5-8(16-14-6)10(15)13-11-12-7-3-2-4-9(7)17-11/h5H,2-4H2,1H3,(H,12,13,15). The van der Waals surface area contributed by atoms with E-state index in [1.165, 1.54) is 11.3 Å². The summed E-state index contributed by atoms with van der Waals surface area (Å²) in [6, 6.07) is 1.61. The Morgan fingerprint density at radius 2 is 2.41 bits per heavy atom. The predicted octanol–water partition coefficient (Wildman–Crippen LogP) is 2.18. The number of thiazole rings is 1. The molecule has 2 heterocycles. The van der Waals surface area contributed by atoms with Crippen molar-refractivity contribution >= 4 is 22.4 Å². The molecule has 2 aromatic heterocycles. The van der Waals surface area contributed by atoms with Gasteiger partial charge >= 0.3 is 0 Å². The minimum atomic E-state index is -0.293. The molecule has 0 bridgehead atoms. The van der Waals surface area contributed by atoms with Gasteiger partial charge in [0.25, 0.3) is 5.91 Å². The van der Waals surface area contributed by atoms with Gasteiger partial charge in [0.05, 0.1) is 11.4 Å². The lowest BCUT2D eigenvalue weighted by atomic mass is 10.4. The zero-order valence-electron chi connectivity index (χ0n) is 9.32. The van der Waals surface area contributed by atoms with Crippen LogP contribution < -0.4 is 5.32 Å². The summed E-state index contributed by atoms with van der Waals surface area (Å²) in [5, 5.41) is 7.06. The van der Waals surface area contributed by atoms with Crippen LogP contribution in [0.1, 0.15) is 33.2 Å². The Labute approximate surface area is 102 Å². The van der Waals surface area contributed by atoms with Crippen LogP contribution >= 0.6 is 11.3 Å². The second kappa shape index (κ2) is 3.96. The molecule has 1 aliphatic rings. The number of amides is 1.